The zero-order chi connectivity index (χ0) is 14.2. The van der Waals surface area contributed by atoms with Gasteiger partial charge in [-0.1, -0.05) is 0 Å². The summed E-state index contributed by atoms with van der Waals surface area (Å²) in [7, 11) is 0. The summed E-state index contributed by atoms with van der Waals surface area (Å²) in [5, 5.41) is 22.6. The van der Waals surface area contributed by atoms with Gasteiger partial charge in [0.1, 0.15) is 11.4 Å². The minimum atomic E-state index is -1.04. The molecule has 1 fully saturated rings. The number of carbonyl (C=O) groups is 1. The molecule has 0 radical (unpaired) electrons. The number of nitrogens with two attached hydrogens (primary N) is 1. The van der Waals surface area contributed by atoms with Gasteiger partial charge >= 0.3 is 0 Å². The van der Waals surface area contributed by atoms with Crippen molar-refractivity contribution in [3.8, 4) is 5.75 Å². The van der Waals surface area contributed by atoms with Crippen LogP contribution in [-0.4, -0.2) is 21.5 Å². The summed E-state index contributed by atoms with van der Waals surface area (Å²) in [6.45, 7) is 1.62. The number of carbonyl (C=O) groups excluding carboxylic acids is 1. The van der Waals surface area contributed by atoms with Crippen molar-refractivity contribution in [2.45, 2.75) is 25.3 Å². The SMILES string of the molecule is CC(N)(C(=O)Nc1ccc(O)cc1[N+](=O)[O-])C1CC1. The molecule has 7 heteroatoms. The van der Waals surface area contributed by atoms with E-state index in [2.05, 4.69) is 5.32 Å². The molecule has 1 amide bonds. The standard InChI is InChI=1S/C12H15N3O4/c1-12(13,7-2-3-7)11(17)14-9-5-4-8(16)6-10(9)15(18)19/h4-7,16H,2-3,13H2,1H3,(H,14,17). The third-order valence-corrected chi connectivity index (χ3v) is 3.34. The van der Waals surface area contributed by atoms with E-state index in [0.717, 1.165) is 18.9 Å². The summed E-state index contributed by atoms with van der Waals surface area (Å²) in [4.78, 5) is 22.3. The molecule has 1 atom stereocenters. The van der Waals surface area contributed by atoms with E-state index in [4.69, 9.17) is 5.73 Å². The largest absolute Gasteiger partial charge is 0.508 e. The number of phenols is 1. The lowest BCUT2D eigenvalue weighted by Gasteiger charge is -2.23. The molecule has 1 aromatic carbocycles. The molecule has 1 saturated carbocycles. The van der Waals surface area contributed by atoms with Crippen molar-refractivity contribution in [3.63, 3.8) is 0 Å². The third-order valence-electron chi connectivity index (χ3n) is 3.34. The predicted molar refractivity (Wildman–Crippen MR) is 68.7 cm³/mol. The summed E-state index contributed by atoms with van der Waals surface area (Å²) >= 11 is 0. The molecule has 0 aromatic heterocycles. The highest BCUT2D eigenvalue weighted by molar-refractivity contribution is 5.99. The zero-order valence-corrected chi connectivity index (χ0v) is 10.4. The Morgan fingerprint density at radius 3 is 2.74 bits per heavy atom. The maximum atomic E-state index is 12.1. The minimum absolute atomic E-state index is 0.0325. The van der Waals surface area contributed by atoms with Gasteiger partial charge in [0.25, 0.3) is 5.69 Å². The molecule has 1 unspecified atom stereocenters. The van der Waals surface area contributed by atoms with E-state index in [-0.39, 0.29) is 23.0 Å². The second-order valence-corrected chi connectivity index (χ2v) is 4.97. The van der Waals surface area contributed by atoms with Gasteiger partial charge < -0.3 is 16.2 Å². The molecule has 1 aliphatic carbocycles. The smallest absolute Gasteiger partial charge is 0.296 e. The number of benzene rings is 1. The second kappa shape index (κ2) is 4.51. The number of amides is 1. The fourth-order valence-electron chi connectivity index (χ4n) is 1.90. The predicted octanol–water partition coefficient (Wildman–Crippen LogP) is 1.37. The first-order chi connectivity index (χ1) is 8.82. The van der Waals surface area contributed by atoms with Crippen molar-refractivity contribution >= 4 is 17.3 Å². The van der Waals surface area contributed by atoms with E-state index in [1.54, 1.807) is 6.92 Å². The second-order valence-electron chi connectivity index (χ2n) is 4.97. The molecule has 102 valence electrons. The minimum Gasteiger partial charge on any atom is -0.508 e. The summed E-state index contributed by atoms with van der Waals surface area (Å²) in [6.07, 6.45) is 1.77. The van der Waals surface area contributed by atoms with Gasteiger partial charge in [-0.25, -0.2) is 0 Å². The van der Waals surface area contributed by atoms with Crippen molar-refractivity contribution in [1.82, 2.24) is 0 Å². The first kappa shape index (κ1) is 13.3. The number of anilines is 1. The van der Waals surface area contributed by atoms with Crippen LogP contribution < -0.4 is 11.1 Å². The molecular formula is C12H15N3O4. The van der Waals surface area contributed by atoms with Crippen LogP contribution in [0.25, 0.3) is 0 Å². The molecule has 7 nitrogen and oxygen atoms in total. The van der Waals surface area contributed by atoms with Crippen LogP contribution in [0.15, 0.2) is 18.2 Å². The molecule has 0 heterocycles. The van der Waals surface area contributed by atoms with Gasteiger partial charge in [-0.3, -0.25) is 14.9 Å². The molecule has 0 aliphatic heterocycles. The Labute approximate surface area is 109 Å². The fourth-order valence-corrected chi connectivity index (χ4v) is 1.90. The Hall–Kier alpha value is -2.15. The number of hydrogen-bond donors (Lipinski definition) is 3. The maximum Gasteiger partial charge on any atom is 0.296 e. The van der Waals surface area contributed by atoms with Crippen LogP contribution in [0.2, 0.25) is 0 Å². The van der Waals surface area contributed by atoms with Crippen LogP contribution in [0.4, 0.5) is 11.4 Å². The van der Waals surface area contributed by atoms with Crippen molar-refractivity contribution in [3.05, 3.63) is 28.3 Å². The first-order valence-electron chi connectivity index (χ1n) is 5.90. The lowest BCUT2D eigenvalue weighted by molar-refractivity contribution is -0.384. The topological polar surface area (TPSA) is 118 Å². The fraction of sp³-hybridized carbons (Fsp3) is 0.417. The van der Waals surface area contributed by atoms with E-state index < -0.39 is 16.4 Å². The average Bonchev–Trinajstić information content (AvgIpc) is 3.15. The molecule has 0 spiro atoms. The van der Waals surface area contributed by atoms with Gasteiger partial charge in [0.2, 0.25) is 5.91 Å². The van der Waals surface area contributed by atoms with Crippen LogP contribution in [-0.2, 0) is 4.79 Å². The van der Waals surface area contributed by atoms with Gasteiger partial charge in [0, 0.05) is 0 Å². The summed E-state index contributed by atoms with van der Waals surface area (Å²) < 4.78 is 0. The van der Waals surface area contributed by atoms with Crippen LogP contribution in [0.3, 0.4) is 0 Å². The lowest BCUT2D eigenvalue weighted by atomic mass is 9.96. The van der Waals surface area contributed by atoms with Crippen LogP contribution in [0.5, 0.6) is 5.75 Å². The van der Waals surface area contributed by atoms with Crippen LogP contribution in [0, 0.1) is 16.0 Å². The summed E-state index contributed by atoms with van der Waals surface area (Å²) in [5.74, 6) is -0.574. The van der Waals surface area contributed by atoms with Gasteiger partial charge in [-0.15, -0.1) is 0 Å². The Bertz CT molecular complexity index is 538. The normalized spacial score (nSPS) is 17.6. The molecule has 4 N–H and O–H groups in total. The third kappa shape index (κ3) is 2.65. The summed E-state index contributed by atoms with van der Waals surface area (Å²) in [6, 6.07) is 3.54. The Balaban J connectivity index is 2.23. The molecule has 19 heavy (non-hydrogen) atoms. The number of phenolic OH excluding ortho intramolecular Hbond substituents is 1. The number of aromatic hydroxyl groups is 1. The van der Waals surface area contributed by atoms with E-state index in [1.165, 1.54) is 12.1 Å². The highest BCUT2D eigenvalue weighted by Gasteiger charge is 2.44. The summed E-state index contributed by atoms with van der Waals surface area (Å²) in [5.41, 5.74) is 4.57. The van der Waals surface area contributed by atoms with Crippen LogP contribution >= 0.6 is 0 Å². The van der Waals surface area contributed by atoms with E-state index in [0.29, 0.717) is 0 Å². The first-order valence-corrected chi connectivity index (χ1v) is 5.90. The van der Waals surface area contributed by atoms with Crippen LogP contribution in [0.1, 0.15) is 19.8 Å². The van der Waals surface area contributed by atoms with E-state index in [9.17, 15) is 20.0 Å². The zero-order valence-electron chi connectivity index (χ0n) is 10.4. The van der Waals surface area contributed by atoms with Crippen molar-refractivity contribution in [1.29, 1.82) is 0 Å². The highest BCUT2D eigenvalue weighted by Crippen LogP contribution is 2.39. The van der Waals surface area contributed by atoms with E-state index in [1.807, 2.05) is 0 Å². The maximum absolute atomic E-state index is 12.1. The monoisotopic (exact) mass is 265 g/mol. The van der Waals surface area contributed by atoms with Gasteiger partial charge in [0.15, 0.2) is 0 Å². The molecular weight excluding hydrogens is 250 g/mol. The number of nitro groups is 1. The quantitative estimate of drug-likeness (QED) is 0.431. The number of hydrogen-bond acceptors (Lipinski definition) is 5. The lowest BCUT2D eigenvalue weighted by Crippen LogP contribution is -2.50. The number of nitro benzene ring substituents is 1. The molecule has 0 saturated heterocycles. The Morgan fingerprint density at radius 2 is 2.21 bits per heavy atom. The highest BCUT2D eigenvalue weighted by atomic mass is 16.6. The Kier molecular flexibility index (Phi) is 3.15. The molecule has 0 bridgehead atoms. The van der Waals surface area contributed by atoms with E-state index >= 15 is 0 Å². The van der Waals surface area contributed by atoms with Gasteiger partial charge in [-0.2, -0.15) is 0 Å². The number of rotatable bonds is 4. The van der Waals surface area contributed by atoms with Crippen molar-refractivity contribution in [2.24, 2.45) is 11.7 Å². The number of nitrogens with zero attached hydrogens (tertiary/aromatic N) is 1. The van der Waals surface area contributed by atoms with Gasteiger partial charge in [0.05, 0.1) is 16.5 Å². The van der Waals surface area contributed by atoms with Crippen molar-refractivity contribution in [2.75, 3.05) is 5.32 Å². The number of nitrogens with one attached hydrogen (secondary N) is 1. The van der Waals surface area contributed by atoms with Gasteiger partial charge in [-0.05, 0) is 37.8 Å². The average molecular weight is 265 g/mol. The Morgan fingerprint density at radius 1 is 1.58 bits per heavy atom. The molecule has 2 rings (SSSR count). The molecule has 1 aromatic rings. The molecule has 1 aliphatic rings. The van der Waals surface area contributed by atoms with Crippen molar-refractivity contribution < 1.29 is 14.8 Å².